The number of aryl methyl sites for hydroxylation is 1. The number of hydrogen-bond donors (Lipinski definition) is 2. The first-order chi connectivity index (χ1) is 19.1. The van der Waals surface area contributed by atoms with Crippen LogP contribution in [0.15, 0.2) is 121 Å². The molecular formula is C36H26N2O. The third kappa shape index (κ3) is 3.79. The third-order valence-corrected chi connectivity index (χ3v) is 7.63. The van der Waals surface area contributed by atoms with Crippen LogP contribution in [0.25, 0.3) is 54.2 Å². The van der Waals surface area contributed by atoms with E-state index in [-0.39, 0.29) is 5.84 Å². The summed E-state index contributed by atoms with van der Waals surface area (Å²) in [6, 6.07) is 42.4. The standard InChI is InChI=1S/C36H26N2O/c1-22-20-24(36(37)38)16-19-34(22)39-25-17-14-23(15-18-25)32-21-33-28-10-3-2-8-26(28)27-9-4-6-12-30(27)35(33)31-13-7-5-11-29(31)32/h2-21H,1H3,(H3,37,38). The minimum absolute atomic E-state index is 0.0531. The molecule has 0 bridgehead atoms. The van der Waals surface area contributed by atoms with Crippen LogP contribution in [0.5, 0.6) is 11.5 Å². The van der Waals surface area contributed by atoms with Gasteiger partial charge in [0.05, 0.1) is 0 Å². The predicted molar refractivity (Wildman–Crippen MR) is 164 cm³/mol. The molecule has 0 radical (unpaired) electrons. The molecule has 39 heavy (non-hydrogen) atoms. The largest absolute Gasteiger partial charge is 0.457 e. The van der Waals surface area contributed by atoms with E-state index in [1.807, 2.05) is 37.3 Å². The van der Waals surface area contributed by atoms with Crippen LogP contribution < -0.4 is 10.5 Å². The Balaban J connectivity index is 1.40. The third-order valence-electron chi connectivity index (χ3n) is 7.63. The maximum absolute atomic E-state index is 7.66. The Labute approximate surface area is 226 Å². The van der Waals surface area contributed by atoms with Gasteiger partial charge in [0.1, 0.15) is 17.3 Å². The van der Waals surface area contributed by atoms with E-state index >= 15 is 0 Å². The molecule has 0 saturated carbocycles. The van der Waals surface area contributed by atoms with E-state index in [4.69, 9.17) is 15.9 Å². The topological polar surface area (TPSA) is 59.1 Å². The molecule has 0 aliphatic carbocycles. The Hall–Kier alpha value is -5.15. The van der Waals surface area contributed by atoms with Crippen molar-refractivity contribution in [1.29, 1.82) is 5.41 Å². The van der Waals surface area contributed by atoms with E-state index in [1.165, 1.54) is 48.7 Å². The quantitative estimate of drug-likeness (QED) is 0.143. The molecule has 7 aromatic rings. The number of hydrogen-bond acceptors (Lipinski definition) is 2. The molecule has 3 heteroatoms. The molecule has 0 atom stereocenters. The SMILES string of the molecule is Cc1cc(C(=N)N)ccc1Oc1ccc(-c2cc3c4ccccc4c4ccccc4c3c3ccccc23)cc1. The van der Waals surface area contributed by atoms with Crippen LogP contribution in [0.4, 0.5) is 0 Å². The van der Waals surface area contributed by atoms with E-state index in [1.54, 1.807) is 0 Å². The van der Waals surface area contributed by atoms with Gasteiger partial charge in [0.25, 0.3) is 0 Å². The lowest BCUT2D eigenvalue weighted by Crippen LogP contribution is -2.11. The van der Waals surface area contributed by atoms with Crippen molar-refractivity contribution >= 4 is 48.9 Å². The number of fused-ring (bicyclic) bond motifs is 8. The summed E-state index contributed by atoms with van der Waals surface area (Å²) in [6.45, 7) is 1.96. The second kappa shape index (κ2) is 9.00. The number of nitrogens with two attached hydrogens (primary N) is 1. The van der Waals surface area contributed by atoms with Crippen molar-refractivity contribution in [3.63, 3.8) is 0 Å². The van der Waals surface area contributed by atoms with Gasteiger partial charge < -0.3 is 10.5 Å². The normalized spacial score (nSPS) is 11.4. The molecule has 0 saturated heterocycles. The summed E-state index contributed by atoms with van der Waals surface area (Å²) in [7, 11) is 0. The van der Waals surface area contributed by atoms with Gasteiger partial charge in [-0.2, -0.15) is 0 Å². The Morgan fingerprint density at radius 2 is 1.13 bits per heavy atom. The predicted octanol–water partition coefficient (Wildman–Crippen LogP) is 9.35. The molecular weight excluding hydrogens is 476 g/mol. The lowest BCUT2D eigenvalue weighted by molar-refractivity contribution is 0.479. The van der Waals surface area contributed by atoms with Crippen molar-refractivity contribution in [3.05, 3.63) is 132 Å². The van der Waals surface area contributed by atoms with Gasteiger partial charge in [0, 0.05) is 5.56 Å². The van der Waals surface area contributed by atoms with Crippen LogP contribution in [-0.4, -0.2) is 5.84 Å². The summed E-state index contributed by atoms with van der Waals surface area (Å²) in [6.07, 6.45) is 0. The summed E-state index contributed by atoms with van der Waals surface area (Å²) in [5.74, 6) is 1.57. The highest BCUT2D eigenvalue weighted by atomic mass is 16.5. The van der Waals surface area contributed by atoms with Crippen LogP contribution in [0.1, 0.15) is 11.1 Å². The summed E-state index contributed by atoms with van der Waals surface area (Å²) in [5.41, 5.74) is 9.60. The first-order valence-electron chi connectivity index (χ1n) is 13.1. The molecule has 0 aliphatic heterocycles. The Bertz CT molecular complexity index is 2070. The Morgan fingerprint density at radius 1 is 0.590 bits per heavy atom. The van der Waals surface area contributed by atoms with Crippen molar-refractivity contribution in [2.45, 2.75) is 6.92 Å². The highest BCUT2D eigenvalue weighted by Gasteiger charge is 2.15. The summed E-state index contributed by atoms with van der Waals surface area (Å²) in [5, 5.41) is 17.8. The fraction of sp³-hybridized carbons (Fsp3) is 0.0278. The van der Waals surface area contributed by atoms with Crippen molar-refractivity contribution in [1.82, 2.24) is 0 Å². The molecule has 7 rings (SSSR count). The van der Waals surface area contributed by atoms with Gasteiger partial charge >= 0.3 is 0 Å². The smallest absolute Gasteiger partial charge is 0.130 e. The van der Waals surface area contributed by atoms with Crippen molar-refractivity contribution in [3.8, 4) is 22.6 Å². The lowest BCUT2D eigenvalue weighted by Gasteiger charge is -2.16. The molecule has 3 N–H and O–H groups in total. The van der Waals surface area contributed by atoms with E-state index in [9.17, 15) is 0 Å². The zero-order valence-electron chi connectivity index (χ0n) is 21.5. The lowest BCUT2D eigenvalue weighted by atomic mass is 9.87. The minimum Gasteiger partial charge on any atom is -0.457 e. The number of nitrogens with one attached hydrogen (secondary N) is 1. The number of amidine groups is 1. The number of nitrogen functional groups attached to an aromatic ring is 1. The van der Waals surface area contributed by atoms with Gasteiger partial charge in [0.15, 0.2) is 0 Å². The highest BCUT2D eigenvalue weighted by Crippen LogP contribution is 2.42. The van der Waals surface area contributed by atoms with Crippen LogP contribution in [0.3, 0.4) is 0 Å². The van der Waals surface area contributed by atoms with E-state index in [0.717, 1.165) is 22.6 Å². The van der Waals surface area contributed by atoms with Crippen molar-refractivity contribution in [2.24, 2.45) is 5.73 Å². The summed E-state index contributed by atoms with van der Waals surface area (Å²) >= 11 is 0. The van der Waals surface area contributed by atoms with Gasteiger partial charge in [-0.15, -0.1) is 0 Å². The minimum atomic E-state index is 0.0531. The summed E-state index contributed by atoms with van der Waals surface area (Å²) in [4.78, 5) is 0. The Morgan fingerprint density at radius 3 is 1.74 bits per heavy atom. The molecule has 7 aromatic carbocycles. The van der Waals surface area contributed by atoms with Crippen molar-refractivity contribution < 1.29 is 4.74 Å². The first kappa shape index (κ1) is 23.0. The van der Waals surface area contributed by atoms with E-state index in [0.29, 0.717) is 5.56 Å². The second-order valence-electron chi connectivity index (χ2n) is 10.0. The average Bonchev–Trinajstić information content (AvgIpc) is 2.98. The Kier molecular flexibility index (Phi) is 5.31. The number of benzene rings is 7. The zero-order valence-corrected chi connectivity index (χ0v) is 21.5. The molecule has 3 nitrogen and oxygen atoms in total. The van der Waals surface area contributed by atoms with E-state index < -0.39 is 0 Å². The van der Waals surface area contributed by atoms with Gasteiger partial charge in [0.2, 0.25) is 0 Å². The molecule has 0 fully saturated rings. The first-order valence-corrected chi connectivity index (χ1v) is 13.1. The van der Waals surface area contributed by atoms with Gasteiger partial charge in [-0.1, -0.05) is 84.9 Å². The van der Waals surface area contributed by atoms with Crippen LogP contribution in [0.2, 0.25) is 0 Å². The van der Waals surface area contributed by atoms with Crippen molar-refractivity contribution in [2.75, 3.05) is 0 Å². The molecule has 0 aromatic heterocycles. The van der Waals surface area contributed by atoms with Crippen LogP contribution in [0, 0.1) is 12.3 Å². The van der Waals surface area contributed by atoms with Gasteiger partial charge in [-0.25, -0.2) is 0 Å². The molecule has 0 heterocycles. The van der Waals surface area contributed by atoms with Crippen LogP contribution >= 0.6 is 0 Å². The molecule has 186 valence electrons. The van der Waals surface area contributed by atoms with Crippen LogP contribution in [-0.2, 0) is 0 Å². The summed E-state index contributed by atoms with van der Waals surface area (Å²) < 4.78 is 6.19. The van der Waals surface area contributed by atoms with Gasteiger partial charge in [-0.05, 0) is 103 Å². The fourth-order valence-corrected chi connectivity index (χ4v) is 5.77. The monoisotopic (exact) mass is 502 g/mol. The van der Waals surface area contributed by atoms with E-state index in [2.05, 4.69) is 91.0 Å². The molecule has 0 spiro atoms. The highest BCUT2D eigenvalue weighted by molar-refractivity contribution is 6.32. The zero-order chi connectivity index (χ0) is 26.5. The second-order valence-corrected chi connectivity index (χ2v) is 10.0. The average molecular weight is 503 g/mol. The molecule has 0 amide bonds. The maximum Gasteiger partial charge on any atom is 0.130 e. The maximum atomic E-state index is 7.66. The van der Waals surface area contributed by atoms with Gasteiger partial charge in [-0.3, -0.25) is 5.41 Å². The molecule has 0 aliphatic rings. The number of rotatable bonds is 4. The number of ether oxygens (including phenoxy) is 1. The fourth-order valence-electron chi connectivity index (χ4n) is 5.77. The molecule has 0 unspecified atom stereocenters.